The molecular weight excluding hydrogens is 196 g/mol. The van der Waals surface area contributed by atoms with Gasteiger partial charge in [0.15, 0.2) is 0 Å². The van der Waals surface area contributed by atoms with Gasteiger partial charge in [0.1, 0.15) is 0 Å². The van der Waals surface area contributed by atoms with Crippen LogP contribution in [0.25, 0.3) is 0 Å². The number of aromatic nitrogens is 2. The minimum atomic E-state index is -0.237. The second-order valence-electron chi connectivity index (χ2n) is 3.35. The normalized spacial score (nSPS) is 17.3. The zero-order valence-corrected chi connectivity index (χ0v) is 8.26. The molecule has 0 spiro atoms. The first-order valence-electron chi connectivity index (χ1n) is 4.92. The van der Waals surface area contributed by atoms with Gasteiger partial charge >= 0.3 is 5.97 Å². The molecule has 0 unspecified atom stereocenters. The highest BCUT2D eigenvalue weighted by Gasteiger charge is 2.23. The van der Waals surface area contributed by atoms with Crippen LogP contribution in [0.3, 0.4) is 0 Å². The van der Waals surface area contributed by atoms with Crippen molar-refractivity contribution in [1.82, 2.24) is 9.97 Å². The largest absolute Gasteiger partial charge is 0.406 e. The third kappa shape index (κ3) is 2.73. The summed E-state index contributed by atoms with van der Waals surface area (Å²) >= 11 is 0. The van der Waals surface area contributed by atoms with Crippen LogP contribution in [0, 0.1) is 5.92 Å². The Labute approximate surface area is 87.4 Å². The van der Waals surface area contributed by atoms with Gasteiger partial charge in [-0.2, -0.15) is 0 Å². The van der Waals surface area contributed by atoms with Crippen molar-refractivity contribution in [2.45, 2.75) is 12.8 Å². The van der Waals surface area contributed by atoms with Crippen LogP contribution in [0.4, 0.5) is 0 Å². The SMILES string of the molecule is O=C(Oc1cnccn1)C1CCOCC1. The molecule has 5 nitrogen and oxygen atoms in total. The monoisotopic (exact) mass is 208 g/mol. The maximum Gasteiger partial charge on any atom is 0.315 e. The van der Waals surface area contributed by atoms with Gasteiger partial charge in [-0.1, -0.05) is 0 Å². The molecule has 5 heteroatoms. The molecule has 1 aromatic rings. The van der Waals surface area contributed by atoms with Gasteiger partial charge in [0.2, 0.25) is 5.88 Å². The van der Waals surface area contributed by atoms with E-state index >= 15 is 0 Å². The Hall–Kier alpha value is -1.49. The Kier molecular flexibility index (Phi) is 3.24. The highest BCUT2D eigenvalue weighted by Crippen LogP contribution is 2.17. The van der Waals surface area contributed by atoms with Crippen molar-refractivity contribution in [3.05, 3.63) is 18.6 Å². The summed E-state index contributed by atoms with van der Waals surface area (Å²) in [6, 6.07) is 0. The fraction of sp³-hybridized carbons (Fsp3) is 0.500. The second kappa shape index (κ2) is 4.84. The summed E-state index contributed by atoms with van der Waals surface area (Å²) in [5, 5.41) is 0. The summed E-state index contributed by atoms with van der Waals surface area (Å²) in [6.45, 7) is 1.25. The van der Waals surface area contributed by atoms with Crippen molar-refractivity contribution in [3.63, 3.8) is 0 Å². The van der Waals surface area contributed by atoms with E-state index in [1.54, 1.807) is 0 Å². The predicted molar refractivity (Wildman–Crippen MR) is 51.2 cm³/mol. The van der Waals surface area contributed by atoms with E-state index in [0.717, 1.165) is 12.8 Å². The number of esters is 1. The number of rotatable bonds is 2. The lowest BCUT2D eigenvalue weighted by atomic mass is 10.0. The minimum Gasteiger partial charge on any atom is -0.406 e. The number of carbonyl (C=O) groups is 1. The average Bonchev–Trinajstić information content (AvgIpc) is 2.31. The van der Waals surface area contributed by atoms with Gasteiger partial charge < -0.3 is 9.47 Å². The molecule has 2 rings (SSSR count). The van der Waals surface area contributed by atoms with E-state index in [9.17, 15) is 4.79 Å². The molecule has 0 bridgehead atoms. The summed E-state index contributed by atoms with van der Waals surface area (Å²) < 4.78 is 10.3. The second-order valence-corrected chi connectivity index (χ2v) is 3.35. The molecule has 0 saturated carbocycles. The van der Waals surface area contributed by atoms with E-state index in [2.05, 4.69) is 9.97 Å². The highest BCUT2D eigenvalue weighted by molar-refractivity contribution is 5.74. The third-order valence-electron chi connectivity index (χ3n) is 2.30. The van der Waals surface area contributed by atoms with E-state index in [4.69, 9.17) is 9.47 Å². The maximum atomic E-state index is 11.6. The molecule has 0 N–H and O–H groups in total. The van der Waals surface area contributed by atoms with E-state index in [0.29, 0.717) is 13.2 Å². The first-order chi connectivity index (χ1) is 7.36. The predicted octanol–water partition coefficient (Wildman–Crippen LogP) is 0.809. The van der Waals surface area contributed by atoms with Crippen LogP contribution in [0.2, 0.25) is 0 Å². The molecule has 1 aliphatic rings. The molecule has 1 fully saturated rings. The summed E-state index contributed by atoms with van der Waals surface area (Å²) in [5.41, 5.74) is 0. The van der Waals surface area contributed by atoms with Crippen molar-refractivity contribution in [2.75, 3.05) is 13.2 Å². The quantitative estimate of drug-likeness (QED) is 0.673. The van der Waals surface area contributed by atoms with E-state index in [-0.39, 0.29) is 17.8 Å². The lowest BCUT2D eigenvalue weighted by Crippen LogP contribution is -2.27. The first kappa shape index (κ1) is 10.0. The van der Waals surface area contributed by atoms with Crippen LogP contribution < -0.4 is 4.74 Å². The molecule has 2 heterocycles. The Bertz CT molecular complexity index is 323. The maximum absolute atomic E-state index is 11.6. The number of ether oxygens (including phenoxy) is 2. The number of carbonyl (C=O) groups excluding carboxylic acids is 1. The van der Waals surface area contributed by atoms with Gasteiger partial charge in [-0.05, 0) is 12.8 Å². The van der Waals surface area contributed by atoms with E-state index < -0.39 is 0 Å². The van der Waals surface area contributed by atoms with Gasteiger partial charge in [0.25, 0.3) is 0 Å². The molecule has 1 aliphatic heterocycles. The molecule has 0 aliphatic carbocycles. The molecule has 0 atom stereocenters. The van der Waals surface area contributed by atoms with Crippen LogP contribution in [0.1, 0.15) is 12.8 Å². The Balaban J connectivity index is 1.91. The van der Waals surface area contributed by atoms with Gasteiger partial charge in [-0.3, -0.25) is 9.78 Å². The third-order valence-corrected chi connectivity index (χ3v) is 2.30. The zero-order valence-electron chi connectivity index (χ0n) is 8.26. The summed E-state index contributed by atoms with van der Waals surface area (Å²) in [7, 11) is 0. The lowest BCUT2D eigenvalue weighted by Gasteiger charge is -2.19. The molecular formula is C10H12N2O3. The topological polar surface area (TPSA) is 61.3 Å². The van der Waals surface area contributed by atoms with E-state index in [1.165, 1.54) is 18.6 Å². The molecule has 1 aromatic heterocycles. The zero-order chi connectivity index (χ0) is 10.5. The van der Waals surface area contributed by atoms with Crippen molar-refractivity contribution in [2.24, 2.45) is 5.92 Å². The molecule has 15 heavy (non-hydrogen) atoms. The van der Waals surface area contributed by atoms with Crippen LogP contribution in [-0.2, 0) is 9.53 Å². The fourth-order valence-electron chi connectivity index (χ4n) is 1.46. The van der Waals surface area contributed by atoms with Crippen LogP contribution in [-0.4, -0.2) is 29.2 Å². The molecule has 80 valence electrons. The Morgan fingerprint density at radius 1 is 1.40 bits per heavy atom. The van der Waals surface area contributed by atoms with E-state index in [1.807, 2.05) is 0 Å². The number of hydrogen-bond donors (Lipinski definition) is 0. The lowest BCUT2D eigenvalue weighted by molar-refractivity contribution is -0.142. The average molecular weight is 208 g/mol. The van der Waals surface area contributed by atoms with Gasteiger partial charge in [-0.15, -0.1) is 0 Å². The Morgan fingerprint density at radius 3 is 2.87 bits per heavy atom. The van der Waals surface area contributed by atoms with Crippen molar-refractivity contribution in [1.29, 1.82) is 0 Å². The van der Waals surface area contributed by atoms with Gasteiger partial charge in [0, 0.05) is 25.6 Å². The molecule has 1 saturated heterocycles. The summed E-state index contributed by atoms with van der Waals surface area (Å²) in [4.78, 5) is 19.3. The highest BCUT2D eigenvalue weighted by atomic mass is 16.5. The first-order valence-corrected chi connectivity index (χ1v) is 4.92. The fourth-order valence-corrected chi connectivity index (χ4v) is 1.46. The van der Waals surface area contributed by atoms with Crippen molar-refractivity contribution < 1.29 is 14.3 Å². The molecule has 0 radical (unpaired) electrons. The van der Waals surface area contributed by atoms with Gasteiger partial charge in [0.05, 0.1) is 12.1 Å². The number of nitrogens with zero attached hydrogens (tertiary/aromatic N) is 2. The van der Waals surface area contributed by atoms with Crippen molar-refractivity contribution >= 4 is 5.97 Å². The molecule has 0 amide bonds. The number of hydrogen-bond acceptors (Lipinski definition) is 5. The van der Waals surface area contributed by atoms with Crippen molar-refractivity contribution in [3.8, 4) is 5.88 Å². The Morgan fingerprint density at radius 2 is 2.20 bits per heavy atom. The minimum absolute atomic E-state index is 0.0687. The van der Waals surface area contributed by atoms with Gasteiger partial charge in [-0.25, -0.2) is 4.98 Å². The molecule has 0 aromatic carbocycles. The summed E-state index contributed by atoms with van der Waals surface area (Å²) in [6.07, 6.45) is 5.90. The van der Waals surface area contributed by atoms with Crippen LogP contribution >= 0.6 is 0 Å². The smallest absolute Gasteiger partial charge is 0.315 e. The summed E-state index contributed by atoms with van der Waals surface area (Å²) in [5.74, 6) is -0.0476. The van der Waals surface area contributed by atoms with Crippen LogP contribution in [0.5, 0.6) is 5.88 Å². The van der Waals surface area contributed by atoms with Crippen LogP contribution in [0.15, 0.2) is 18.6 Å². The standard InChI is InChI=1S/C10H12N2O3/c13-10(8-1-5-14-6-2-8)15-9-7-11-3-4-12-9/h3-4,7-8H,1-2,5-6H2.